The topological polar surface area (TPSA) is 97.4 Å². The first-order valence-corrected chi connectivity index (χ1v) is 11.5. The molecule has 7 nitrogen and oxygen atoms in total. The fourth-order valence-corrected chi connectivity index (χ4v) is 4.91. The number of carbonyl (C=O) groups is 1. The van der Waals surface area contributed by atoms with Gasteiger partial charge in [0.25, 0.3) is 0 Å². The highest BCUT2D eigenvalue weighted by molar-refractivity contribution is 9.10. The quantitative estimate of drug-likeness (QED) is 0.329. The highest BCUT2D eigenvalue weighted by atomic mass is 79.9. The van der Waals surface area contributed by atoms with Crippen LogP contribution in [0.2, 0.25) is 0 Å². The van der Waals surface area contributed by atoms with Gasteiger partial charge in [-0.2, -0.15) is 0 Å². The zero-order chi connectivity index (χ0) is 22.4. The number of halogens is 1. The van der Waals surface area contributed by atoms with Gasteiger partial charge in [0.15, 0.2) is 0 Å². The van der Waals surface area contributed by atoms with Crippen molar-refractivity contribution < 1.29 is 14.3 Å². The van der Waals surface area contributed by atoms with E-state index in [2.05, 4.69) is 25.8 Å². The monoisotopic (exact) mass is 495 g/mol. The largest absolute Gasteiger partial charge is 0.477 e. The summed E-state index contributed by atoms with van der Waals surface area (Å²) in [5.74, 6) is -0.563. The number of nitrogens with zero attached hydrogens (tertiary/aromatic N) is 2. The van der Waals surface area contributed by atoms with E-state index in [1.807, 2.05) is 36.4 Å². The second kappa shape index (κ2) is 8.09. The van der Waals surface area contributed by atoms with E-state index in [0.29, 0.717) is 16.5 Å². The number of aromatic nitrogens is 2. The molecule has 164 valence electrons. The molecule has 0 unspecified atom stereocenters. The molecule has 4 aromatic rings. The fraction of sp³-hybridized carbons (Fsp3) is 0.292. The number of carboxylic acids is 1. The Hall–Kier alpha value is -3.13. The maximum Gasteiger partial charge on any atom is 0.351 e. The van der Waals surface area contributed by atoms with Crippen LogP contribution in [-0.2, 0) is 0 Å². The smallest absolute Gasteiger partial charge is 0.351 e. The highest BCUT2D eigenvalue weighted by Gasteiger charge is 2.24. The Morgan fingerprint density at radius 3 is 2.59 bits per heavy atom. The van der Waals surface area contributed by atoms with Crippen LogP contribution in [0.4, 0.5) is 11.6 Å². The molecular weight excluding hydrogens is 474 g/mol. The van der Waals surface area contributed by atoms with Crippen molar-refractivity contribution in [3.05, 3.63) is 62.4 Å². The lowest BCUT2D eigenvalue weighted by molar-refractivity contribution is 0.0691. The molecule has 1 fully saturated rings. The van der Waals surface area contributed by atoms with Crippen molar-refractivity contribution in [1.29, 1.82) is 0 Å². The van der Waals surface area contributed by atoms with Crippen LogP contribution in [0.1, 0.15) is 54.1 Å². The van der Waals surface area contributed by atoms with Crippen molar-refractivity contribution in [3.63, 3.8) is 0 Å². The first-order valence-electron chi connectivity index (χ1n) is 10.7. The van der Waals surface area contributed by atoms with Gasteiger partial charge in [-0.3, -0.25) is 0 Å². The number of nitrogens with one attached hydrogen (secondary N) is 1. The molecule has 1 aliphatic carbocycles. The number of hydrogen-bond acceptors (Lipinski definition) is 5. The van der Waals surface area contributed by atoms with E-state index >= 15 is 0 Å². The van der Waals surface area contributed by atoms with E-state index in [0.717, 1.165) is 52.8 Å². The Bertz CT molecular complexity index is 1400. The van der Waals surface area contributed by atoms with Gasteiger partial charge in [0, 0.05) is 27.7 Å². The molecule has 0 bridgehead atoms. The first kappa shape index (κ1) is 20.8. The maximum atomic E-state index is 12.3. The van der Waals surface area contributed by atoms with Crippen molar-refractivity contribution in [2.24, 2.45) is 0 Å². The molecule has 32 heavy (non-hydrogen) atoms. The average molecular weight is 496 g/mol. The second-order valence-electron chi connectivity index (χ2n) is 8.26. The minimum absolute atomic E-state index is 0.287. The van der Waals surface area contributed by atoms with Crippen LogP contribution in [0.5, 0.6) is 0 Å². The summed E-state index contributed by atoms with van der Waals surface area (Å²) < 4.78 is 8.62. The second-order valence-corrected chi connectivity index (χ2v) is 9.18. The summed E-state index contributed by atoms with van der Waals surface area (Å²) in [5, 5.41) is 13.5. The van der Waals surface area contributed by atoms with Crippen LogP contribution >= 0.6 is 15.9 Å². The standard InChI is InChI=1S/C24H22BrN3O4/c1-13-17-11-18-19(12-20(17)32-23(31)21(13)22(29)30)28(16-5-3-2-4-6-16)24(27-18)26-15-9-7-14(25)8-10-15/h7-12,16H,2-6H2,1H3,(H,26,27)(H,29,30). The number of aryl methyl sites for hydroxylation is 1. The number of benzene rings is 2. The van der Waals surface area contributed by atoms with Gasteiger partial charge in [-0.25, -0.2) is 14.6 Å². The van der Waals surface area contributed by atoms with E-state index in [9.17, 15) is 14.7 Å². The van der Waals surface area contributed by atoms with Crippen molar-refractivity contribution in [2.75, 3.05) is 5.32 Å². The summed E-state index contributed by atoms with van der Waals surface area (Å²) in [5.41, 5.74) is 2.11. The van der Waals surface area contributed by atoms with Crippen molar-refractivity contribution in [3.8, 4) is 0 Å². The van der Waals surface area contributed by atoms with Crippen LogP contribution in [0.15, 0.2) is 50.1 Å². The minimum Gasteiger partial charge on any atom is -0.477 e. The van der Waals surface area contributed by atoms with Gasteiger partial charge >= 0.3 is 11.6 Å². The average Bonchev–Trinajstić information content (AvgIpc) is 3.11. The van der Waals surface area contributed by atoms with Gasteiger partial charge in [-0.1, -0.05) is 35.2 Å². The van der Waals surface area contributed by atoms with Gasteiger partial charge in [0.05, 0.1) is 11.0 Å². The molecule has 0 aliphatic heterocycles. The summed E-state index contributed by atoms with van der Waals surface area (Å²) in [7, 11) is 0. The Balaban J connectivity index is 1.73. The van der Waals surface area contributed by atoms with E-state index in [1.165, 1.54) is 6.42 Å². The van der Waals surface area contributed by atoms with Gasteiger partial charge < -0.3 is 19.4 Å². The predicted octanol–water partition coefficient (Wildman–Crippen LogP) is 6.16. The molecule has 0 atom stereocenters. The Labute approximate surface area is 192 Å². The molecule has 0 radical (unpaired) electrons. The number of aromatic carboxylic acids is 1. The SMILES string of the molecule is Cc1c(C(=O)O)c(=O)oc2cc3c(cc12)nc(Nc1ccc(Br)cc1)n3C1CCCCC1. The number of fused-ring (bicyclic) bond motifs is 2. The molecule has 5 rings (SSSR count). The summed E-state index contributed by atoms with van der Waals surface area (Å²) in [6, 6.07) is 11.8. The van der Waals surface area contributed by atoms with Crippen LogP contribution < -0.4 is 10.9 Å². The van der Waals surface area contributed by atoms with Gasteiger partial charge in [0.2, 0.25) is 5.95 Å². The summed E-state index contributed by atoms with van der Waals surface area (Å²) in [6.07, 6.45) is 5.66. The Morgan fingerprint density at radius 2 is 1.91 bits per heavy atom. The molecule has 2 N–H and O–H groups in total. The molecule has 2 aromatic carbocycles. The van der Waals surface area contributed by atoms with Crippen molar-refractivity contribution >= 4 is 55.5 Å². The number of imidazole rings is 1. The van der Waals surface area contributed by atoms with E-state index < -0.39 is 11.6 Å². The molecule has 1 saturated carbocycles. The van der Waals surface area contributed by atoms with E-state index in [1.54, 1.807) is 6.92 Å². The number of anilines is 2. The molecule has 0 saturated heterocycles. The molecule has 8 heteroatoms. The number of rotatable bonds is 4. The van der Waals surface area contributed by atoms with Gasteiger partial charge in [-0.05, 0) is 55.7 Å². The fourth-order valence-electron chi connectivity index (χ4n) is 4.65. The van der Waals surface area contributed by atoms with Crippen LogP contribution in [-0.4, -0.2) is 20.6 Å². The minimum atomic E-state index is -1.29. The van der Waals surface area contributed by atoms with Crippen LogP contribution in [0, 0.1) is 6.92 Å². The molecule has 2 aromatic heterocycles. The molecule has 0 spiro atoms. The Morgan fingerprint density at radius 1 is 1.19 bits per heavy atom. The molecule has 0 amide bonds. The van der Waals surface area contributed by atoms with Crippen LogP contribution in [0.3, 0.4) is 0 Å². The van der Waals surface area contributed by atoms with E-state index in [4.69, 9.17) is 9.40 Å². The number of hydrogen-bond donors (Lipinski definition) is 2. The third-order valence-corrected chi connectivity index (χ3v) is 6.76. The summed E-state index contributed by atoms with van der Waals surface area (Å²) in [6.45, 7) is 1.63. The zero-order valence-corrected chi connectivity index (χ0v) is 19.1. The first-order chi connectivity index (χ1) is 15.4. The lowest BCUT2D eigenvalue weighted by atomic mass is 9.95. The van der Waals surface area contributed by atoms with Crippen LogP contribution in [0.25, 0.3) is 22.0 Å². The van der Waals surface area contributed by atoms with Gasteiger partial charge in [-0.15, -0.1) is 0 Å². The molecule has 1 aliphatic rings. The predicted molar refractivity (Wildman–Crippen MR) is 127 cm³/mol. The molecule has 2 heterocycles. The van der Waals surface area contributed by atoms with Crippen molar-refractivity contribution in [1.82, 2.24) is 9.55 Å². The third-order valence-electron chi connectivity index (χ3n) is 6.23. The Kier molecular flexibility index (Phi) is 5.25. The van der Waals surface area contributed by atoms with Gasteiger partial charge in [0.1, 0.15) is 11.1 Å². The van der Waals surface area contributed by atoms with Crippen molar-refractivity contribution in [2.45, 2.75) is 45.1 Å². The molecular formula is C24H22BrN3O4. The normalized spacial score (nSPS) is 14.8. The zero-order valence-electron chi connectivity index (χ0n) is 17.5. The maximum absolute atomic E-state index is 12.3. The summed E-state index contributed by atoms with van der Waals surface area (Å²) >= 11 is 3.46. The lowest BCUT2D eigenvalue weighted by Gasteiger charge is -2.25. The van der Waals surface area contributed by atoms with E-state index in [-0.39, 0.29) is 11.6 Å². The lowest BCUT2D eigenvalue weighted by Crippen LogP contribution is -2.16. The number of carboxylic acid groups (broad SMARTS) is 1. The third kappa shape index (κ3) is 3.58. The highest BCUT2D eigenvalue weighted by Crippen LogP contribution is 2.37. The summed E-state index contributed by atoms with van der Waals surface area (Å²) in [4.78, 5) is 28.7.